The van der Waals surface area contributed by atoms with Gasteiger partial charge in [-0.25, -0.2) is 0 Å². The van der Waals surface area contributed by atoms with Crippen molar-refractivity contribution in [1.82, 2.24) is 0 Å². The summed E-state index contributed by atoms with van der Waals surface area (Å²) in [7, 11) is 0. The molecule has 0 saturated heterocycles. The Morgan fingerprint density at radius 3 is 2.18 bits per heavy atom. The second-order valence-corrected chi connectivity index (χ2v) is 3.46. The highest BCUT2D eigenvalue weighted by Gasteiger charge is 2.27. The molecule has 6 heteroatoms. The zero-order valence-corrected chi connectivity index (χ0v) is 9.17. The van der Waals surface area contributed by atoms with Gasteiger partial charge in [0.25, 0.3) is 0 Å². The molecule has 3 nitrogen and oxygen atoms in total. The molecule has 0 radical (unpaired) electrons. The normalized spacial score (nSPS) is 11.7. The molecule has 2 N–H and O–H groups in total. The smallest absolute Gasteiger partial charge is 0.399 e. The fourth-order valence-corrected chi connectivity index (χ4v) is 1.11. The highest BCUT2D eigenvalue weighted by Crippen LogP contribution is 2.14. The Kier molecular flexibility index (Phi) is 5.24. The number of nitrogen functional groups attached to an aromatic ring is 1. The number of nitrogens with two attached hydrogens (primary N) is 1. The molecule has 0 atom stereocenters. The zero-order chi connectivity index (χ0) is 12.7. The van der Waals surface area contributed by atoms with E-state index in [9.17, 15) is 13.2 Å². The maximum absolute atomic E-state index is 11.7. The van der Waals surface area contributed by atoms with E-state index in [1.807, 2.05) is 0 Å². The Morgan fingerprint density at radius 2 is 1.59 bits per heavy atom. The first-order valence-electron chi connectivity index (χ1n) is 5.04. The van der Waals surface area contributed by atoms with E-state index in [4.69, 9.17) is 10.5 Å². The number of hydrogen-bond donors (Lipinski definition) is 1. The van der Waals surface area contributed by atoms with Gasteiger partial charge in [0.15, 0.2) is 0 Å². The fourth-order valence-electron chi connectivity index (χ4n) is 1.11. The number of rotatable bonds is 6. The topological polar surface area (TPSA) is 44.5 Å². The van der Waals surface area contributed by atoms with Crippen molar-refractivity contribution in [3.05, 3.63) is 29.8 Å². The van der Waals surface area contributed by atoms with Crippen LogP contribution in [0, 0.1) is 0 Å². The number of hydrogen-bond acceptors (Lipinski definition) is 3. The number of alkyl halides is 3. The molecule has 96 valence electrons. The second-order valence-electron chi connectivity index (χ2n) is 3.46. The van der Waals surface area contributed by atoms with Crippen molar-refractivity contribution in [2.75, 3.05) is 25.6 Å². The summed E-state index contributed by atoms with van der Waals surface area (Å²) >= 11 is 0. The van der Waals surface area contributed by atoms with Gasteiger partial charge in [-0.2, -0.15) is 13.2 Å². The van der Waals surface area contributed by atoms with E-state index < -0.39 is 12.8 Å². The summed E-state index contributed by atoms with van der Waals surface area (Å²) in [6, 6.07) is 7.06. The first-order valence-corrected chi connectivity index (χ1v) is 5.04. The summed E-state index contributed by atoms with van der Waals surface area (Å²) in [5.41, 5.74) is 7.06. The molecule has 0 heterocycles. The molecule has 0 spiro atoms. The number of benzene rings is 1. The van der Waals surface area contributed by atoms with Gasteiger partial charge in [0.05, 0.1) is 19.8 Å². The Bertz CT molecular complexity index is 324. The van der Waals surface area contributed by atoms with Gasteiger partial charge in [-0.3, -0.25) is 0 Å². The highest BCUT2D eigenvalue weighted by atomic mass is 19.4. The largest absolute Gasteiger partial charge is 0.411 e. The van der Waals surface area contributed by atoms with Crippen LogP contribution < -0.4 is 5.73 Å². The SMILES string of the molecule is Nc1ccc(COCCOCC(F)(F)F)cc1. The first-order chi connectivity index (χ1) is 7.97. The summed E-state index contributed by atoms with van der Waals surface area (Å²) in [6.07, 6.45) is -4.28. The number of ether oxygens (including phenoxy) is 2. The van der Waals surface area contributed by atoms with Crippen LogP contribution in [0.25, 0.3) is 0 Å². The van der Waals surface area contributed by atoms with E-state index in [2.05, 4.69) is 4.74 Å². The molecule has 0 aliphatic rings. The van der Waals surface area contributed by atoms with Gasteiger partial charge in [-0.05, 0) is 17.7 Å². The monoisotopic (exact) mass is 249 g/mol. The summed E-state index contributed by atoms with van der Waals surface area (Å²) < 4.78 is 44.6. The molecular formula is C11H14F3NO2. The average molecular weight is 249 g/mol. The van der Waals surface area contributed by atoms with Crippen LogP contribution in [-0.2, 0) is 16.1 Å². The van der Waals surface area contributed by atoms with Gasteiger partial charge >= 0.3 is 6.18 Å². The molecule has 0 saturated carbocycles. The standard InChI is InChI=1S/C11H14F3NO2/c12-11(13,14)8-17-6-5-16-7-9-1-3-10(15)4-2-9/h1-4H,5-8,15H2. The van der Waals surface area contributed by atoms with Gasteiger partial charge in [0, 0.05) is 5.69 Å². The quantitative estimate of drug-likeness (QED) is 0.621. The Labute approximate surface area is 97.3 Å². The van der Waals surface area contributed by atoms with Crippen LogP contribution >= 0.6 is 0 Å². The lowest BCUT2D eigenvalue weighted by Crippen LogP contribution is -2.18. The number of anilines is 1. The predicted molar refractivity (Wildman–Crippen MR) is 57.4 cm³/mol. The average Bonchev–Trinajstić information content (AvgIpc) is 2.24. The molecule has 0 bridgehead atoms. The van der Waals surface area contributed by atoms with Crippen LogP contribution in [0.2, 0.25) is 0 Å². The molecule has 0 aliphatic heterocycles. The lowest BCUT2D eigenvalue weighted by Gasteiger charge is -2.08. The van der Waals surface area contributed by atoms with Crippen molar-refractivity contribution < 1.29 is 22.6 Å². The fraction of sp³-hybridized carbons (Fsp3) is 0.455. The van der Waals surface area contributed by atoms with Crippen LogP contribution in [-0.4, -0.2) is 26.0 Å². The Morgan fingerprint density at radius 1 is 1.00 bits per heavy atom. The van der Waals surface area contributed by atoms with E-state index in [-0.39, 0.29) is 13.2 Å². The van der Waals surface area contributed by atoms with E-state index in [0.29, 0.717) is 12.3 Å². The van der Waals surface area contributed by atoms with E-state index in [0.717, 1.165) is 5.56 Å². The Balaban J connectivity index is 2.07. The van der Waals surface area contributed by atoms with E-state index in [1.54, 1.807) is 24.3 Å². The predicted octanol–water partition coefficient (Wildman–Crippen LogP) is 2.36. The molecule has 0 aliphatic carbocycles. The van der Waals surface area contributed by atoms with Crippen molar-refractivity contribution in [1.29, 1.82) is 0 Å². The highest BCUT2D eigenvalue weighted by molar-refractivity contribution is 5.39. The molecule has 17 heavy (non-hydrogen) atoms. The third kappa shape index (κ3) is 6.80. The summed E-state index contributed by atoms with van der Waals surface area (Å²) in [6.45, 7) is -0.858. The van der Waals surface area contributed by atoms with E-state index in [1.165, 1.54) is 0 Å². The second kappa shape index (κ2) is 6.46. The van der Waals surface area contributed by atoms with Crippen LogP contribution in [0.15, 0.2) is 24.3 Å². The molecule has 0 aromatic heterocycles. The molecule has 1 aromatic rings. The van der Waals surface area contributed by atoms with Gasteiger partial charge in [0.1, 0.15) is 6.61 Å². The van der Waals surface area contributed by atoms with Crippen molar-refractivity contribution in [3.63, 3.8) is 0 Å². The van der Waals surface area contributed by atoms with E-state index >= 15 is 0 Å². The minimum atomic E-state index is -4.28. The number of halogens is 3. The first kappa shape index (κ1) is 13.8. The van der Waals surface area contributed by atoms with Crippen molar-refractivity contribution in [3.8, 4) is 0 Å². The molecule has 0 fully saturated rings. The Hall–Kier alpha value is -1.27. The summed E-state index contributed by atoms with van der Waals surface area (Å²) in [5.74, 6) is 0. The minimum Gasteiger partial charge on any atom is -0.399 e. The van der Waals surface area contributed by atoms with Gasteiger partial charge < -0.3 is 15.2 Å². The van der Waals surface area contributed by atoms with Crippen molar-refractivity contribution >= 4 is 5.69 Å². The lowest BCUT2D eigenvalue weighted by atomic mass is 10.2. The molecule has 1 rings (SSSR count). The minimum absolute atomic E-state index is 0.0749. The van der Waals surface area contributed by atoms with Crippen molar-refractivity contribution in [2.24, 2.45) is 0 Å². The third-order valence-electron chi connectivity index (χ3n) is 1.89. The van der Waals surface area contributed by atoms with Gasteiger partial charge in [-0.15, -0.1) is 0 Å². The van der Waals surface area contributed by atoms with Crippen LogP contribution in [0.1, 0.15) is 5.56 Å². The summed E-state index contributed by atoms with van der Waals surface area (Å²) in [4.78, 5) is 0. The van der Waals surface area contributed by atoms with Crippen LogP contribution in [0.4, 0.5) is 18.9 Å². The molecule has 1 aromatic carbocycles. The van der Waals surface area contributed by atoms with Gasteiger partial charge in [-0.1, -0.05) is 12.1 Å². The van der Waals surface area contributed by atoms with Crippen LogP contribution in [0.3, 0.4) is 0 Å². The molecule has 0 amide bonds. The molecule has 0 unspecified atom stereocenters. The maximum Gasteiger partial charge on any atom is 0.411 e. The molecular weight excluding hydrogens is 235 g/mol. The maximum atomic E-state index is 11.7. The van der Waals surface area contributed by atoms with Crippen molar-refractivity contribution in [2.45, 2.75) is 12.8 Å². The third-order valence-corrected chi connectivity index (χ3v) is 1.89. The van der Waals surface area contributed by atoms with Gasteiger partial charge in [0.2, 0.25) is 0 Å². The summed E-state index contributed by atoms with van der Waals surface area (Å²) in [5, 5.41) is 0. The lowest BCUT2D eigenvalue weighted by molar-refractivity contribution is -0.176. The zero-order valence-electron chi connectivity index (χ0n) is 9.17. The van der Waals surface area contributed by atoms with Crippen LogP contribution in [0.5, 0.6) is 0 Å².